The zero-order valence-corrected chi connectivity index (χ0v) is 10.7. The van der Waals surface area contributed by atoms with Gasteiger partial charge >= 0.3 is 0 Å². The van der Waals surface area contributed by atoms with Gasteiger partial charge in [0.2, 0.25) is 0 Å². The van der Waals surface area contributed by atoms with Crippen LogP contribution in [-0.2, 0) is 4.74 Å². The first kappa shape index (κ1) is 11.0. The van der Waals surface area contributed by atoms with Crippen molar-refractivity contribution in [3.05, 3.63) is 0 Å². The van der Waals surface area contributed by atoms with Crippen LogP contribution in [0, 0.1) is 17.3 Å². The maximum Gasteiger partial charge on any atom is 0.0685 e. The van der Waals surface area contributed by atoms with E-state index < -0.39 is 0 Å². The van der Waals surface area contributed by atoms with Crippen LogP contribution in [0.1, 0.15) is 46.0 Å². The van der Waals surface area contributed by atoms with Gasteiger partial charge in [0, 0.05) is 24.0 Å². The minimum absolute atomic E-state index is 0.362. The average molecular weight is 223 g/mol. The van der Waals surface area contributed by atoms with Crippen LogP contribution in [0.5, 0.6) is 0 Å². The summed E-state index contributed by atoms with van der Waals surface area (Å²) in [6.07, 6.45) is 7.61. The summed E-state index contributed by atoms with van der Waals surface area (Å²) in [5, 5.41) is 3.78. The van der Waals surface area contributed by atoms with E-state index in [4.69, 9.17) is 4.74 Å². The van der Waals surface area contributed by atoms with E-state index in [1.165, 1.54) is 38.6 Å². The Balaban J connectivity index is 1.43. The third-order valence-electron chi connectivity index (χ3n) is 4.95. The number of rotatable bonds is 5. The molecule has 3 rings (SSSR count). The van der Waals surface area contributed by atoms with Gasteiger partial charge in [-0.05, 0) is 31.7 Å². The molecule has 3 atom stereocenters. The fourth-order valence-electron chi connectivity index (χ4n) is 3.79. The van der Waals surface area contributed by atoms with Crippen molar-refractivity contribution in [3.8, 4) is 0 Å². The van der Waals surface area contributed by atoms with Crippen molar-refractivity contribution in [3.63, 3.8) is 0 Å². The molecular formula is C14H25NO. The molecule has 0 aromatic carbocycles. The first-order valence-corrected chi connectivity index (χ1v) is 7.04. The van der Waals surface area contributed by atoms with Crippen molar-refractivity contribution in [1.29, 1.82) is 0 Å². The first-order chi connectivity index (χ1) is 7.69. The molecule has 2 heteroatoms. The van der Waals surface area contributed by atoms with E-state index >= 15 is 0 Å². The molecule has 1 saturated heterocycles. The lowest BCUT2D eigenvalue weighted by atomic mass is 9.57. The molecule has 1 N–H and O–H groups in total. The molecule has 3 aliphatic rings. The molecule has 0 aromatic rings. The van der Waals surface area contributed by atoms with Crippen molar-refractivity contribution in [2.45, 2.75) is 58.1 Å². The predicted octanol–water partition coefficient (Wildman–Crippen LogP) is 2.58. The van der Waals surface area contributed by atoms with E-state index in [-0.39, 0.29) is 0 Å². The summed E-state index contributed by atoms with van der Waals surface area (Å²) >= 11 is 0. The number of nitrogens with one attached hydrogen (secondary N) is 1. The summed E-state index contributed by atoms with van der Waals surface area (Å²) in [6, 6.07) is 0.708. The summed E-state index contributed by atoms with van der Waals surface area (Å²) in [5.74, 6) is 1.88. The average Bonchev–Trinajstić information content (AvgIpc) is 2.94. The van der Waals surface area contributed by atoms with E-state index in [9.17, 15) is 0 Å². The molecule has 3 fully saturated rings. The van der Waals surface area contributed by atoms with E-state index in [1.807, 2.05) is 0 Å². The topological polar surface area (TPSA) is 21.3 Å². The number of fused-ring (bicyclic) bond motifs is 1. The lowest BCUT2D eigenvalue weighted by Gasteiger charge is -2.55. The fourth-order valence-corrected chi connectivity index (χ4v) is 3.79. The van der Waals surface area contributed by atoms with Crippen LogP contribution < -0.4 is 5.32 Å². The third kappa shape index (κ3) is 1.80. The van der Waals surface area contributed by atoms with Crippen LogP contribution in [-0.4, -0.2) is 25.3 Å². The van der Waals surface area contributed by atoms with Crippen molar-refractivity contribution in [2.24, 2.45) is 17.3 Å². The number of ether oxygens (including phenoxy) is 1. The summed E-state index contributed by atoms with van der Waals surface area (Å²) < 4.78 is 5.81. The molecule has 1 heterocycles. The van der Waals surface area contributed by atoms with Crippen molar-refractivity contribution in [2.75, 3.05) is 13.2 Å². The molecule has 2 nitrogen and oxygen atoms in total. The number of hydrogen-bond acceptors (Lipinski definition) is 2. The van der Waals surface area contributed by atoms with Gasteiger partial charge < -0.3 is 10.1 Å². The Morgan fingerprint density at radius 1 is 1.25 bits per heavy atom. The zero-order valence-electron chi connectivity index (χ0n) is 10.7. The summed E-state index contributed by atoms with van der Waals surface area (Å²) in [4.78, 5) is 0. The van der Waals surface area contributed by atoms with Crippen molar-refractivity contribution >= 4 is 0 Å². The van der Waals surface area contributed by atoms with Crippen LogP contribution in [0.15, 0.2) is 0 Å². The molecule has 2 aliphatic carbocycles. The highest BCUT2D eigenvalue weighted by molar-refractivity contribution is 5.11. The maximum absolute atomic E-state index is 5.81. The Morgan fingerprint density at radius 2 is 2.06 bits per heavy atom. The zero-order chi connectivity index (χ0) is 11.2. The standard InChI is InChI=1S/C14H25NO/c1-14(2)12(11-7-9-16-13(11)14)15-8-3-4-10-5-6-10/h10-13,15H,3-9H2,1-2H3. The lowest BCUT2D eigenvalue weighted by molar-refractivity contribution is -0.112. The minimum atomic E-state index is 0.362. The van der Waals surface area contributed by atoms with Gasteiger partial charge in [-0.15, -0.1) is 0 Å². The molecule has 16 heavy (non-hydrogen) atoms. The molecule has 1 aliphatic heterocycles. The van der Waals surface area contributed by atoms with E-state index in [1.54, 1.807) is 0 Å². The Labute approximate surface area is 99.1 Å². The van der Waals surface area contributed by atoms with Gasteiger partial charge in [0.1, 0.15) is 0 Å². The van der Waals surface area contributed by atoms with Gasteiger partial charge in [0.25, 0.3) is 0 Å². The molecule has 0 aromatic heterocycles. The fraction of sp³-hybridized carbons (Fsp3) is 1.00. The third-order valence-corrected chi connectivity index (χ3v) is 4.95. The molecule has 3 unspecified atom stereocenters. The normalized spacial score (nSPS) is 40.5. The summed E-state index contributed by atoms with van der Waals surface area (Å²) in [7, 11) is 0. The summed E-state index contributed by atoms with van der Waals surface area (Å²) in [6.45, 7) is 6.92. The van der Waals surface area contributed by atoms with Gasteiger partial charge in [-0.3, -0.25) is 0 Å². The highest BCUT2D eigenvalue weighted by Gasteiger charge is 2.58. The molecule has 92 valence electrons. The molecule has 0 bridgehead atoms. The second-order valence-corrected chi connectivity index (χ2v) is 6.58. The monoisotopic (exact) mass is 223 g/mol. The van der Waals surface area contributed by atoms with Gasteiger partial charge in [-0.25, -0.2) is 0 Å². The SMILES string of the molecule is CC1(C)C(NCCCC2CC2)C2CCOC21. The smallest absolute Gasteiger partial charge is 0.0685 e. The van der Waals surface area contributed by atoms with E-state index in [0.29, 0.717) is 17.6 Å². The maximum atomic E-state index is 5.81. The van der Waals surface area contributed by atoms with Crippen LogP contribution >= 0.6 is 0 Å². The number of hydrogen-bond donors (Lipinski definition) is 1. The second-order valence-electron chi connectivity index (χ2n) is 6.58. The van der Waals surface area contributed by atoms with Crippen LogP contribution in [0.2, 0.25) is 0 Å². The molecule has 0 radical (unpaired) electrons. The summed E-state index contributed by atoms with van der Waals surface area (Å²) in [5.41, 5.74) is 0.362. The highest BCUT2D eigenvalue weighted by Crippen LogP contribution is 2.52. The lowest BCUT2D eigenvalue weighted by Crippen LogP contribution is -2.65. The largest absolute Gasteiger partial charge is 0.377 e. The van der Waals surface area contributed by atoms with Crippen molar-refractivity contribution in [1.82, 2.24) is 5.32 Å². The van der Waals surface area contributed by atoms with E-state index in [0.717, 1.165) is 18.4 Å². The quantitative estimate of drug-likeness (QED) is 0.723. The Kier molecular flexibility index (Phi) is 2.75. The minimum Gasteiger partial charge on any atom is -0.377 e. The van der Waals surface area contributed by atoms with Crippen LogP contribution in [0.4, 0.5) is 0 Å². The Morgan fingerprint density at radius 3 is 2.81 bits per heavy atom. The highest BCUT2D eigenvalue weighted by atomic mass is 16.5. The van der Waals surface area contributed by atoms with Gasteiger partial charge in [-0.2, -0.15) is 0 Å². The van der Waals surface area contributed by atoms with Gasteiger partial charge in [-0.1, -0.05) is 26.7 Å². The Hall–Kier alpha value is -0.0800. The predicted molar refractivity (Wildman–Crippen MR) is 65.4 cm³/mol. The molecule has 0 spiro atoms. The van der Waals surface area contributed by atoms with Crippen molar-refractivity contribution < 1.29 is 4.74 Å². The first-order valence-electron chi connectivity index (χ1n) is 7.04. The van der Waals surface area contributed by atoms with Gasteiger partial charge in [0.15, 0.2) is 0 Å². The van der Waals surface area contributed by atoms with Crippen LogP contribution in [0.3, 0.4) is 0 Å². The molecule has 2 saturated carbocycles. The Bertz CT molecular complexity index is 259. The van der Waals surface area contributed by atoms with Gasteiger partial charge in [0.05, 0.1) is 6.10 Å². The second kappa shape index (κ2) is 3.99. The van der Waals surface area contributed by atoms with Crippen LogP contribution in [0.25, 0.3) is 0 Å². The molecule has 0 amide bonds. The van der Waals surface area contributed by atoms with E-state index in [2.05, 4.69) is 19.2 Å². The molecular weight excluding hydrogens is 198 g/mol.